The number of allylic oxidation sites excluding steroid dienone is 1. The smallest absolute Gasteiger partial charge is 0.0981 e. The van der Waals surface area contributed by atoms with Gasteiger partial charge in [-0.15, -0.1) is 6.58 Å². The first-order valence-corrected chi connectivity index (χ1v) is 4.55. The number of aromatic nitrogens is 2. The second-order valence-corrected chi connectivity index (χ2v) is 3.19. The maximum absolute atomic E-state index is 10.7. The molecule has 1 aromatic rings. The van der Waals surface area contributed by atoms with Crippen LogP contribution in [0.1, 0.15) is 24.6 Å². The molecule has 0 spiro atoms. The minimum Gasteiger partial charge on any atom is -0.733 e. The van der Waals surface area contributed by atoms with Gasteiger partial charge in [-0.25, -0.2) is 0 Å². The van der Waals surface area contributed by atoms with Crippen LogP contribution in [0.5, 0.6) is 0 Å². The summed E-state index contributed by atoms with van der Waals surface area (Å²) in [6.07, 6.45) is 3.10. The molecular weight excluding hydrogens is 198 g/mol. The Morgan fingerprint density at radius 1 is 1.80 bits per heavy atom. The minimum absolute atomic E-state index is 0.0333. The minimum atomic E-state index is -0.839. The Hall–Kier alpha value is -1.37. The van der Waals surface area contributed by atoms with E-state index in [9.17, 15) is 10.3 Å². The zero-order valence-electron chi connectivity index (χ0n) is 8.50. The molecule has 0 radical (unpaired) electrons. The van der Waals surface area contributed by atoms with E-state index >= 15 is 0 Å². The Bertz CT molecular complexity index is 335. The molecular formula is C9H14N3O3-. The lowest BCUT2D eigenvalue weighted by molar-refractivity contribution is 0.157. The van der Waals surface area contributed by atoms with Gasteiger partial charge in [0.15, 0.2) is 0 Å². The van der Waals surface area contributed by atoms with Gasteiger partial charge in [0.25, 0.3) is 0 Å². The van der Waals surface area contributed by atoms with E-state index in [1.54, 1.807) is 13.1 Å². The maximum Gasteiger partial charge on any atom is 0.0981 e. The van der Waals surface area contributed by atoms with Crippen molar-refractivity contribution in [3.63, 3.8) is 0 Å². The molecule has 0 aromatic carbocycles. The molecule has 0 aliphatic heterocycles. The largest absolute Gasteiger partial charge is 0.733 e. The van der Waals surface area contributed by atoms with Crippen LogP contribution in [0.15, 0.2) is 18.9 Å². The third-order valence-corrected chi connectivity index (χ3v) is 2.13. The van der Waals surface area contributed by atoms with Crippen LogP contribution in [-0.2, 0) is 7.05 Å². The molecule has 0 saturated heterocycles. The summed E-state index contributed by atoms with van der Waals surface area (Å²) in [6, 6.07) is 0. The van der Waals surface area contributed by atoms with Gasteiger partial charge in [0.1, 0.15) is 0 Å². The molecule has 15 heavy (non-hydrogen) atoms. The average molecular weight is 212 g/mol. The van der Waals surface area contributed by atoms with Gasteiger partial charge in [-0.05, 0) is 12.8 Å². The molecule has 1 rings (SSSR count). The number of anilines is 1. The first-order chi connectivity index (χ1) is 7.07. The van der Waals surface area contributed by atoms with E-state index in [0.717, 1.165) is 0 Å². The van der Waals surface area contributed by atoms with E-state index < -0.39 is 6.10 Å². The second kappa shape index (κ2) is 4.92. The first kappa shape index (κ1) is 11.7. The van der Waals surface area contributed by atoms with Gasteiger partial charge in [-0.1, -0.05) is 6.08 Å². The Balaban J connectivity index is 2.90. The molecule has 0 unspecified atom stereocenters. The highest BCUT2D eigenvalue weighted by Crippen LogP contribution is 2.27. The highest BCUT2D eigenvalue weighted by Gasteiger charge is 2.17. The predicted octanol–water partition coefficient (Wildman–Crippen LogP) is 1.11. The molecule has 2 N–H and O–H groups in total. The maximum atomic E-state index is 10.7. The van der Waals surface area contributed by atoms with E-state index in [-0.39, 0.29) is 10.9 Å². The number of hydrogen-bond donors (Lipinski definition) is 2. The molecule has 1 heterocycles. The molecule has 0 aliphatic carbocycles. The van der Waals surface area contributed by atoms with Gasteiger partial charge in [0.05, 0.1) is 23.7 Å². The normalized spacial score (nSPS) is 12.5. The van der Waals surface area contributed by atoms with Crippen LogP contribution in [0.25, 0.3) is 0 Å². The quantitative estimate of drug-likeness (QED) is 0.564. The van der Waals surface area contributed by atoms with Crippen molar-refractivity contribution in [2.75, 3.05) is 5.23 Å². The molecule has 1 atom stereocenters. The molecule has 0 bridgehead atoms. The van der Waals surface area contributed by atoms with E-state index in [1.165, 1.54) is 10.9 Å². The van der Waals surface area contributed by atoms with Crippen molar-refractivity contribution in [3.05, 3.63) is 29.8 Å². The Morgan fingerprint density at radius 3 is 3.00 bits per heavy atom. The topological polar surface area (TPSA) is 84.6 Å². The number of aliphatic hydroxyl groups is 1. The molecule has 6 heteroatoms. The monoisotopic (exact) mass is 212 g/mol. The van der Waals surface area contributed by atoms with Crippen molar-refractivity contribution < 1.29 is 10.3 Å². The lowest BCUT2D eigenvalue weighted by Crippen LogP contribution is -2.13. The van der Waals surface area contributed by atoms with Crippen LogP contribution in [0.2, 0.25) is 0 Å². The molecule has 6 nitrogen and oxygen atoms in total. The van der Waals surface area contributed by atoms with Crippen molar-refractivity contribution in [1.82, 2.24) is 9.78 Å². The summed E-state index contributed by atoms with van der Waals surface area (Å²) in [5.41, 5.74) is 0.267. The van der Waals surface area contributed by atoms with E-state index in [2.05, 4.69) is 11.7 Å². The molecule has 0 aliphatic rings. The zero-order chi connectivity index (χ0) is 11.4. The second-order valence-electron chi connectivity index (χ2n) is 3.19. The van der Waals surface area contributed by atoms with Gasteiger partial charge in [0.2, 0.25) is 0 Å². The standard InChI is InChI=1S/C9H14N3O3/c1-3-4-5-8(13)9-7(12(14)15)6-10-11(9)2/h3,6,8,13-14H,1,4-5H2,2H3/q-1/t8-/m0/s1. The van der Waals surface area contributed by atoms with Crippen LogP contribution in [-0.4, -0.2) is 20.1 Å². The fraction of sp³-hybridized carbons (Fsp3) is 0.444. The van der Waals surface area contributed by atoms with Crippen LogP contribution >= 0.6 is 0 Å². The van der Waals surface area contributed by atoms with Gasteiger partial charge >= 0.3 is 0 Å². The van der Waals surface area contributed by atoms with Gasteiger partial charge in [-0.2, -0.15) is 5.10 Å². The third kappa shape index (κ3) is 2.56. The predicted molar refractivity (Wildman–Crippen MR) is 55.2 cm³/mol. The number of nitrogens with zero attached hydrogens (tertiary/aromatic N) is 3. The van der Waals surface area contributed by atoms with Crippen molar-refractivity contribution in [2.45, 2.75) is 18.9 Å². The number of aryl methyl sites for hydroxylation is 1. The number of rotatable bonds is 5. The Labute approximate surface area is 87.6 Å². The van der Waals surface area contributed by atoms with E-state index in [0.29, 0.717) is 18.5 Å². The summed E-state index contributed by atoms with van der Waals surface area (Å²) in [5.74, 6) is 0. The summed E-state index contributed by atoms with van der Waals surface area (Å²) in [5, 5.41) is 32.8. The molecule has 0 saturated carbocycles. The summed E-state index contributed by atoms with van der Waals surface area (Å²) in [6.45, 7) is 3.54. The highest BCUT2D eigenvalue weighted by molar-refractivity contribution is 5.48. The lowest BCUT2D eigenvalue weighted by Gasteiger charge is -2.23. The zero-order valence-corrected chi connectivity index (χ0v) is 8.50. The average Bonchev–Trinajstić information content (AvgIpc) is 2.56. The van der Waals surface area contributed by atoms with E-state index in [4.69, 9.17) is 5.21 Å². The van der Waals surface area contributed by atoms with Crippen molar-refractivity contribution in [3.8, 4) is 0 Å². The molecule has 0 fully saturated rings. The van der Waals surface area contributed by atoms with Gasteiger partial charge in [-0.3, -0.25) is 9.89 Å². The number of aliphatic hydroxyl groups excluding tert-OH is 1. The van der Waals surface area contributed by atoms with Crippen LogP contribution in [0.3, 0.4) is 0 Å². The molecule has 84 valence electrons. The third-order valence-electron chi connectivity index (χ3n) is 2.13. The summed E-state index contributed by atoms with van der Waals surface area (Å²) >= 11 is 0. The van der Waals surface area contributed by atoms with Gasteiger partial charge in [0, 0.05) is 7.05 Å². The van der Waals surface area contributed by atoms with E-state index in [1.807, 2.05) is 0 Å². The van der Waals surface area contributed by atoms with Crippen molar-refractivity contribution >= 4 is 5.69 Å². The van der Waals surface area contributed by atoms with Crippen LogP contribution in [0.4, 0.5) is 5.69 Å². The Kier molecular flexibility index (Phi) is 3.84. The van der Waals surface area contributed by atoms with Gasteiger partial charge < -0.3 is 15.5 Å². The molecule has 1 aromatic heterocycles. The SMILES string of the molecule is C=CCC[C@H](O)c1c(N([O-])O)cnn1C. The van der Waals surface area contributed by atoms with Crippen molar-refractivity contribution in [2.24, 2.45) is 7.05 Å². The summed E-state index contributed by atoms with van der Waals surface area (Å²) in [7, 11) is 1.60. The summed E-state index contributed by atoms with van der Waals surface area (Å²) < 4.78 is 1.37. The summed E-state index contributed by atoms with van der Waals surface area (Å²) in [4.78, 5) is 0. The van der Waals surface area contributed by atoms with Crippen molar-refractivity contribution in [1.29, 1.82) is 0 Å². The molecule has 0 amide bonds. The fourth-order valence-electron chi connectivity index (χ4n) is 1.38. The number of hydrogen-bond acceptors (Lipinski definition) is 5. The van der Waals surface area contributed by atoms with Crippen LogP contribution in [0, 0.1) is 5.21 Å². The van der Waals surface area contributed by atoms with Crippen LogP contribution < -0.4 is 5.23 Å². The first-order valence-electron chi connectivity index (χ1n) is 4.55. The Morgan fingerprint density at radius 2 is 2.47 bits per heavy atom. The fourth-order valence-corrected chi connectivity index (χ4v) is 1.38. The lowest BCUT2D eigenvalue weighted by atomic mass is 10.1. The highest BCUT2D eigenvalue weighted by atomic mass is 16.8.